The van der Waals surface area contributed by atoms with Crippen LogP contribution in [-0.2, 0) is 27.7 Å². The van der Waals surface area contributed by atoms with Gasteiger partial charge in [-0.1, -0.05) is 18.2 Å². The predicted molar refractivity (Wildman–Crippen MR) is 124 cm³/mol. The van der Waals surface area contributed by atoms with E-state index < -0.39 is 22.4 Å². The summed E-state index contributed by atoms with van der Waals surface area (Å²) in [4.78, 5) is 13.4. The highest BCUT2D eigenvalue weighted by atomic mass is 32.2. The molecule has 2 atom stereocenters. The minimum absolute atomic E-state index is 0.0765. The predicted octanol–water partition coefficient (Wildman–Crippen LogP) is 3.85. The van der Waals surface area contributed by atoms with E-state index in [9.17, 15) is 26.4 Å². The summed E-state index contributed by atoms with van der Waals surface area (Å²) >= 11 is 0. The second kappa shape index (κ2) is 10.5. The zero-order valence-electron chi connectivity index (χ0n) is 19.7. The Balaban J connectivity index is 1.66. The molecule has 1 fully saturated rings. The standard InChI is InChI=1S/C24H29F3N2O5S/c1-16-4-9-22(12-20(16)13-23(30)31)35(32,33)29-17(2)14-28(15-18(29)3)11-10-19-5-7-21(8-6-19)34-24(25,26)27/h4-9,12,17-18H,10-11,13-15H2,1-3H3,(H,30,31)/t17-,18?/m0/s1. The quantitative estimate of drug-likeness (QED) is 0.576. The van der Waals surface area contributed by atoms with Gasteiger partial charge in [-0.05, 0) is 68.1 Å². The van der Waals surface area contributed by atoms with Gasteiger partial charge in [0, 0.05) is 31.7 Å². The normalized spacial score (nSPS) is 20.1. The molecule has 11 heteroatoms. The van der Waals surface area contributed by atoms with E-state index in [4.69, 9.17) is 5.11 Å². The smallest absolute Gasteiger partial charge is 0.481 e. The summed E-state index contributed by atoms with van der Waals surface area (Å²) in [5.41, 5.74) is 2.03. The number of hydrogen-bond acceptors (Lipinski definition) is 5. The number of aliphatic carboxylic acids is 1. The zero-order valence-corrected chi connectivity index (χ0v) is 20.6. The van der Waals surface area contributed by atoms with E-state index in [1.165, 1.54) is 28.6 Å². The number of benzene rings is 2. The topological polar surface area (TPSA) is 87.2 Å². The summed E-state index contributed by atoms with van der Waals surface area (Å²) in [5, 5.41) is 9.12. The van der Waals surface area contributed by atoms with Crippen LogP contribution in [0.3, 0.4) is 0 Å². The van der Waals surface area contributed by atoms with E-state index >= 15 is 0 Å². The molecule has 192 valence electrons. The molecule has 35 heavy (non-hydrogen) atoms. The van der Waals surface area contributed by atoms with Crippen LogP contribution in [0.4, 0.5) is 13.2 Å². The van der Waals surface area contributed by atoms with Gasteiger partial charge in [0.2, 0.25) is 10.0 Å². The molecule has 0 aromatic heterocycles. The lowest BCUT2D eigenvalue weighted by Crippen LogP contribution is -2.58. The molecule has 0 saturated carbocycles. The summed E-state index contributed by atoms with van der Waals surface area (Å²) in [6.45, 7) is 7.01. The molecule has 0 amide bonds. The summed E-state index contributed by atoms with van der Waals surface area (Å²) in [5.74, 6) is -1.30. The number of carboxylic acids is 1. The van der Waals surface area contributed by atoms with Crippen LogP contribution in [-0.4, -0.2) is 66.8 Å². The summed E-state index contributed by atoms with van der Waals surface area (Å²) in [6, 6.07) is 9.65. The Bertz CT molecular complexity index is 1140. The monoisotopic (exact) mass is 514 g/mol. The lowest BCUT2D eigenvalue weighted by Gasteiger charge is -2.43. The molecule has 3 rings (SSSR count). The van der Waals surface area contributed by atoms with Crippen molar-refractivity contribution in [2.45, 2.75) is 57.0 Å². The third-order valence-corrected chi connectivity index (χ3v) is 8.15. The Morgan fingerprint density at radius 2 is 1.69 bits per heavy atom. The van der Waals surface area contributed by atoms with Crippen molar-refractivity contribution in [2.24, 2.45) is 0 Å². The molecule has 1 aliphatic heterocycles. The number of carbonyl (C=O) groups is 1. The number of sulfonamides is 1. The van der Waals surface area contributed by atoms with Crippen LogP contribution >= 0.6 is 0 Å². The van der Waals surface area contributed by atoms with Crippen molar-refractivity contribution in [3.8, 4) is 5.75 Å². The maximum Gasteiger partial charge on any atom is 0.573 e. The lowest BCUT2D eigenvalue weighted by atomic mass is 10.1. The van der Waals surface area contributed by atoms with Crippen molar-refractivity contribution < 1.29 is 36.2 Å². The number of halogens is 3. The van der Waals surface area contributed by atoms with E-state index in [1.54, 1.807) is 25.1 Å². The molecule has 2 aromatic rings. The number of carboxylic acid groups (broad SMARTS) is 1. The third kappa shape index (κ3) is 6.96. The summed E-state index contributed by atoms with van der Waals surface area (Å²) in [6.07, 6.45) is -4.39. The molecule has 7 nitrogen and oxygen atoms in total. The average molecular weight is 515 g/mol. The first-order valence-corrected chi connectivity index (χ1v) is 12.6. The number of piperazine rings is 1. The van der Waals surface area contributed by atoms with Crippen LogP contribution in [0.25, 0.3) is 0 Å². The van der Waals surface area contributed by atoms with E-state index in [0.717, 1.165) is 11.1 Å². The Morgan fingerprint density at radius 1 is 1.09 bits per heavy atom. The van der Waals surface area contributed by atoms with E-state index in [1.807, 2.05) is 13.8 Å². The number of aryl methyl sites for hydroxylation is 1. The Labute approximate surface area is 203 Å². The molecule has 0 aliphatic carbocycles. The third-order valence-electron chi connectivity index (χ3n) is 6.03. The van der Waals surface area contributed by atoms with Crippen molar-refractivity contribution >= 4 is 16.0 Å². The number of hydrogen-bond donors (Lipinski definition) is 1. The Kier molecular flexibility index (Phi) is 8.13. The van der Waals surface area contributed by atoms with Gasteiger partial charge < -0.3 is 9.84 Å². The maximum atomic E-state index is 13.4. The molecule has 1 unspecified atom stereocenters. The summed E-state index contributed by atoms with van der Waals surface area (Å²) < 4.78 is 69.2. The van der Waals surface area contributed by atoms with Crippen molar-refractivity contribution in [3.63, 3.8) is 0 Å². The zero-order chi connectivity index (χ0) is 26.0. The maximum absolute atomic E-state index is 13.4. The number of rotatable bonds is 8. The van der Waals surface area contributed by atoms with Gasteiger partial charge in [-0.15, -0.1) is 13.2 Å². The fraction of sp³-hybridized carbons (Fsp3) is 0.458. The minimum Gasteiger partial charge on any atom is -0.481 e. The van der Waals surface area contributed by atoms with Gasteiger partial charge in [-0.2, -0.15) is 4.31 Å². The van der Waals surface area contributed by atoms with E-state index in [-0.39, 0.29) is 29.1 Å². The first-order valence-electron chi connectivity index (χ1n) is 11.2. The fourth-order valence-electron chi connectivity index (χ4n) is 4.50. The van der Waals surface area contributed by atoms with Gasteiger partial charge in [0.25, 0.3) is 0 Å². The lowest BCUT2D eigenvalue weighted by molar-refractivity contribution is -0.274. The van der Waals surface area contributed by atoms with Crippen LogP contribution in [0.1, 0.15) is 30.5 Å². The second-order valence-electron chi connectivity index (χ2n) is 8.89. The highest BCUT2D eigenvalue weighted by Gasteiger charge is 2.38. The number of ether oxygens (including phenoxy) is 1. The van der Waals surface area contributed by atoms with Gasteiger partial charge in [0.15, 0.2) is 0 Å². The van der Waals surface area contributed by atoms with Crippen LogP contribution < -0.4 is 4.74 Å². The molecular formula is C24H29F3N2O5S. The second-order valence-corrected chi connectivity index (χ2v) is 10.7. The largest absolute Gasteiger partial charge is 0.573 e. The fourth-order valence-corrected chi connectivity index (χ4v) is 6.36. The molecule has 1 aliphatic rings. The minimum atomic E-state index is -4.73. The molecule has 1 saturated heterocycles. The van der Waals surface area contributed by atoms with Crippen molar-refractivity contribution in [1.29, 1.82) is 0 Å². The van der Waals surface area contributed by atoms with Gasteiger partial charge in [0.05, 0.1) is 11.3 Å². The Hall–Kier alpha value is -2.63. The highest BCUT2D eigenvalue weighted by molar-refractivity contribution is 7.89. The molecule has 2 aromatic carbocycles. The van der Waals surface area contributed by atoms with E-state index in [0.29, 0.717) is 31.6 Å². The van der Waals surface area contributed by atoms with Crippen molar-refractivity contribution in [1.82, 2.24) is 9.21 Å². The summed E-state index contributed by atoms with van der Waals surface area (Å²) in [7, 11) is -3.84. The first kappa shape index (κ1) is 27.0. The van der Waals surface area contributed by atoms with E-state index in [2.05, 4.69) is 9.64 Å². The molecular weight excluding hydrogens is 485 g/mol. The molecule has 1 heterocycles. The van der Waals surface area contributed by atoms with Gasteiger partial charge in [0.1, 0.15) is 5.75 Å². The van der Waals surface area contributed by atoms with Crippen molar-refractivity contribution in [2.75, 3.05) is 19.6 Å². The molecule has 0 spiro atoms. The molecule has 0 radical (unpaired) electrons. The van der Waals surface area contributed by atoms with Crippen LogP contribution in [0.5, 0.6) is 5.75 Å². The van der Waals surface area contributed by atoms with Crippen LogP contribution in [0, 0.1) is 6.92 Å². The number of alkyl halides is 3. The SMILES string of the molecule is Cc1ccc(S(=O)(=O)N2C(C)CN(CCc3ccc(OC(F)(F)F)cc3)C[C@@H]2C)cc1CC(=O)O. The Morgan fingerprint density at radius 3 is 2.23 bits per heavy atom. The van der Waals surface area contributed by atoms with Gasteiger partial charge in [-0.3, -0.25) is 9.69 Å². The van der Waals surface area contributed by atoms with Crippen LogP contribution in [0.2, 0.25) is 0 Å². The van der Waals surface area contributed by atoms with Gasteiger partial charge in [-0.25, -0.2) is 8.42 Å². The molecule has 0 bridgehead atoms. The first-order chi connectivity index (χ1) is 16.3. The van der Waals surface area contributed by atoms with Crippen molar-refractivity contribution in [3.05, 3.63) is 59.2 Å². The highest BCUT2D eigenvalue weighted by Crippen LogP contribution is 2.27. The van der Waals surface area contributed by atoms with Crippen LogP contribution in [0.15, 0.2) is 47.4 Å². The molecule has 1 N–H and O–H groups in total. The number of nitrogens with zero attached hydrogens (tertiary/aromatic N) is 2. The average Bonchev–Trinajstić information content (AvgIpc) is 2.72. The van der Waals surface area contributed by atoms with Gasteiger partial charge >= 0.3 is 12.3 Å².